The van der Waals surface area contributed by atoms with Crippen LogP contribution in [0.15, 0.2) is 27.6 Å². The van der Waals surface area contributed by atoms with E-state index in [1.54, 1.807) is 0 Å². The van der Waals surface area contributed by atoms with Gasteiger partial charge in [0.1, 0.15) is 0 Å². The van der Waals surface area contributed by atoms with E-state index in [4.69, 9.17) is 21.6 Å². The van der Waals surface area contributed by atoms with E-state index in [0.29, 0.717) is 9.50 Å². The fraction of sp³-hybridized carbons (Fsp3) is 0.417. The van der Waals surface area contributed by atoms with Gasteiger partial charge >= 0.3 is 0 Å². The van der Waals surface area contributed by atoms with Crippen LogP contribution in [0.2, 0.25) is 5.02 Å². The molecule has 0 saturated heterocycles. The van der Waals surface area contributed by atoms with E-state index in [2.05, 4.69) is 15.9 Å². The number of nitrogens with zero attached hydrogens (tertiary/aromatic N) is 2. The molecule has 0 saturated carbocycles. The zero-order chi connectivity index (χ0) is 15.2. The minimum Gasteiger partial charge on any atom is -0.383 e. The molecule has 0 aliphatic rings. The van der Waals surface area contributed by atoms with Crippen LogP contribution in [0.1, 0.15) is 6.42 Å². The molecule has 0 aliphatic heterocycles. The Hall–Kier alpha value is -0.650. The Kier molecular flexibility index (Phi) is 6.92. The molecule has 0 bridgehead atoms. The van der Waals surface area contributed by atoms with Gasteiger partial charge in [-0.15, -0.1) is 0 Å². The highest BCUT2D eigenvalue weighted by molar-refractivity contribution is 9.10. The van der Waals surface area contributed by atoms with Crippen molar-refractivity contribution >= 4 is 37.6 Å². The van der Waals surface area contributed by atoms with E-state index >= 15 is 0 Å². The largest absolute Gasteiger partial charge is 0.383 e. The first kappa shape index (κ1) is 17.4. The summed E-state index contributed by atoms with van der Waals surface area (Å²) in [6.07, 6.45) is 0.123. The summed E-state index contributed by atoms with van der Waals surface area (Å²) in [4.78, 5) is 0.128. The molecule has 0 amide bonds. The smallest absolute Gasteiger partial charge is 0.243 e. The van der Waals surface area contributed by atoms with Gasteiger partial charge in [-0.1, -0.05) is 11.6 Å². The van der Waals surface area contributed by atoms with E-state index < -0.39 is 10.0 Å². The SMILES string of the molecule is COCCN(CCC#N)S(=O)(=O)c1ccc(Cl)c(Br)c1. The van der Waals surface area contributed by atoms with Crippen molar-refractivity contribution in [3.05, 3.63) is 27.7 Å². The second-order valence-corrected chi connectivity index (χ2v) is 7.08. The summed E-state index contributed by atoms with van der Waals surface area (Å²) in [5.41, 5.74) is 0. The highest BCUT2D eigenvalue weighted by Crippen LogP contribution is 2.27. The van der Waals surface area contributed by atoms with Crippen LogP contribution in [0.4, 0.5) is 0 Å². The van der Waals surface area contributed by atoms with Crippen molar-refractivity contribution in [1.29, 1.82) is 5.26 Å². The molecule has 1 aromatic rings. The minimum atomic E-state index is -3.67. The number of sulfonamides is 1. The van der Waals surface area contributed by atoms with E-state index in [-0.39, 0.29) is 31.0 Å². The van der Waals surface area contributed by atoms with Gasteiger partial charge in [-0.05, 0) is 34.1 Å². The van der Waals surface area contributed by atoms with E-state index in [1.807, 2.05) is 6.07 Å². The molecule has 0 aliphatic carbocycles. The quantitative estimate of drug-likeness (QED) is 0.728. The summed E-state index contributed by atoms with van der Waals surface area (Å²) >= 11 is 9.06. The molecule has 0 fully saturated rings. The standard InChI is InChI=1S/C12H14BrClN2O3S/c1-19-8-7-16(6-2-5-15)20(17,18)10-3-4-12(14)11(13)9-10/h3-4,9H,2,6-8H2,1H3. The second kappa shape index (κ2) is 7.96. The van der Waals surface area contributed by atoms with E-state index in [9.17, 15) is 8.42 Å². The number of hydrogen-bond donors (Lipinski definition) is 0. The lowest BCUT2D eigenvalue weighted by atomic mass is 10.4. The normalized spacial score (nSPS) is 11.6. The molecule has 0 radical (unpaired) electrons. The molecule has 5 nitrogen and oxygen atoms in total. The number of halogens is 2. The first-order valence-electron chi connectivity index (χ1n) is 5.74. The number of nitriles is 1. The molecule has 0 aromatic heterocycles. The van der Waals surface area contributed by atoms with Gasteiger partial charge in [-0.3, -0.25) is 0 Å². The lowest BCUT2D eigenvalue weighted by Crippen LogP contribution is -2.34. The molecule has 110 valence electrons. The summed E-state index contributed by atoms with van der Waals surface area (Å²) in [5, 5.41) is 9.06. The van der Waals surface area contributed by atoms with Gasteiger partial charge in [0.05, 0.1) is 22.6 Å². The molecule has 1 aromatic carbocycles. The van der Waals surface area contributed by atoms with Gasteiger partial charge in [0.2, 0.25) is 10.0 Å². The van der Waals surface area contributed by atoms with Crippen LogP contribution in [0.5, 0.6) is 0 Å². The number of methoxy groups -OCH3 is 1. The first-order chi connectivity index (χ1) is 9.43. The fourth-order valence-electron chi connectivity index (χ4n) is 1.51. The number of benzene rings is 1. The van der Waals surface area contributed by atoms with Crippen molar-refractivity contribution in [2.75, 3.05) is 26.8 Å². The van der Waals surface area contributed by atoms with Crippen molar-refractivity contribution in [3.63, 3.8) is 0 Å². The highest BCUT2D eigenvalue weighted by Gasteiger charge is 2.24. The van der Waals surface area contributed by atoms with Crippen LogP contribution in [0.25, 0.3) is 0 Å². The van der Waals surface area contributed by atoms with Crippen molar-refractivity contribution in [3.8, 4) is 6.07 Å². The van der Waals surface area contributed by atoms with Gasteiger partial charge in [0.25, 0.3) is 0 Å². The average Bonchev–Trinajstić information content (AvgIpc) is 2.41. The summed E-state index contributed by atoms with van der Waals surface area (Å²) < 4.78 is 31.7. The maximum atomic E-state index is 12.5. The molecular formula is C12H14BrClN2O3S. The van der Waals surface area contributed by atoms with Crippen LogP contribution >= 0.6 is 27.5 Å². The Morgan fingerprint density at radius 2 is 2.15 bits per heavy atom. The second-order valence-electron chi connectivity index (χ2n) is 3.88. The molecule has 0 heterocycles. The van der Waals surface area contributed by atoms with Crippen LogP contribution < -0.4 is 0 Å². The number of ether oxygens (including phenoxy) is 1. The third-order valence-corrected chi connectivity index (χ3v) is 5.66. The Labute approximate surface area is 132 Å². The highest BCUT2D eigenvalue weighted by atomic mass is 79.9. The van der Waals surface area contributed by atoms with Crippen molar-refractivity contribution in [2.45, 2.75) is 11.3 Å². The van der Waals surface area contributed by atoms with E-state index in [0.717, 1.165) is 0 Å². The zero-order valence-electron chi connectivity index (χ0n) is 10.8. The zero-order valence-corrected chi connectivity index (χ0v) is 14.0. The molecular weight excluding hydrogens is 368 g/mol. The van der Waals surface area contributed by atoms with Crippen LogP contribution in [-0.2, 0) is 14.8 Å². The van der Waals surface area contributed by atoms with Crippen molar-refractivity contribution in [2.24, 2.45) is 0 Å². The molecule has 20 heavy (non-hydrogen) atoms. The fourth-order valence-corrected chi connectivity index (χ4v) is 3.61. The molecule has 0 spiro atoms. The van der Waals surface area contributed by atoms with Crippen LogP contribution in [0, 0.1) is 11.3 Å². The molecule has 0 N–H and O–H groups in total. The Balaban J connectivity index is 3.07. The van der Waals surface area contributed by atoms with Gasteiger partial charge in [0.15, 0.2) is 0 Å². The van der Waals surface area contributed by atoms with Crippen molar-refractivity contribution in [1.82, 2.24) is 4.31 Å². The third-order valence-electron chi connectivity index (χ3n) is 2.55. The Morgan fingerprint density at radius 1 is 1.45 bits per heavy atom. The third kappa shape index (κ3) is 4.43. The lowest BCUT2D eigenvalue weighted by molar-refractivity contribution is 0.179. The van der Waals surface area contributed by atoms with Gasteiger partial charge < -0.3 is 4.74 Å². The Bertz CT molecular complexity index is 601. The maximum absolute atomic E-state index is 12.5. The summed E-state index contributed by atoms with van der Waals surface area (Å²) in [6, 6.07) is 6.34. The minimum absolute atomic E-state index is 0.123. The van der Waals surface area contributed by atoms with Gasteiger partial charge in [-0.25, -0.2) is 8.42 Å². The predicted molar refractivity (Wildman–Crippen MR) is 80.0 cm³/mol. The number of hydrogen-bond acceptors (Lipinski definition) is 4. The summed E-state index contributed by atoms with van der Waals surface area (Å²) in [6.45, 7) is 0.586. The number of rotatable bonds is 7. The maximum Gasteiger partial charge on any atom is 0.243 e. The first-order valence-corrected chi connectivity index (χ1v) is 8.35. The van der Waals surface area contributed by atoms with Gasteiger partial charge in [0, 0.05) is 31.1 Å². The van der Waals surface area contributed by atoms with E-state index in [1.165, 1.54) is 29.6 Å². The predicted octanol–water partition coefficient (Wildman–Crippen LogP) is 2.65. The monoisotopic (exact) mass is 380 g/mol. The summed E-state index contributed by atoms with van der Waals surface area (Å²) in [7, 11) is -2.18. The lowest BCUT2D eigenvalue weighted by Gasteiger charge is -2.21. The molecule has 1 rings (SSSR count). The molecule has 8 heteroatoms. The summed E-state index contributed by atoms with van der Waals surface area (Å²) in [5.74, 6) is 0. The topological polar surface area (TPSA) is 70.4 Å². The van der Waals surface area contributed by atoms with Crippen LogP contribution in [-0.4, -0.2) is 39.5 Å². The Morgan fingerprint density at radius 3 is 2.70 bits per heavy atom. The molecule has 0 unspecified atom stereocenters. The van der Waals surface area contributed by atoms with Gasteiger partial charge in [-0.2, -0.15) is 9.57 Å². The van der Waals surface area contributed by atoms with Crippen LogP contribution in [0.3, 0.4) is 0 Å². The van der Waals surface area contributed by atoms with Crippen molar-refractivity contribution < 1.29 is 13.2 Å². The average molecular weight is 382 g/mol. The molecule has 0 atom stereocenters.